The maximum absolute atomic E-state index is 11.9. The minimum Gasteiger partial charge on any atom is -0.336 e. The number of carbonyl (C=O) groups is 2. The van der Waals surface area contributed by atoms with Gasteiger partial charge in [-0.2, -0.15) is 0 Å². The van der Waals surface area contributed by atoms with E-state index in [1.165, 1.54) is 16.0 Å². The van der Waals surface area contributed by atoms with Gasteiger partial charge in [-0.05, 0) is 26.3 Å². The Morgan fingerprint density at radius 3 is 2.33 bits per heavy atom. The standard InChI is InChI=1S/C18H28N4O2/c1-14(2)19-18(24)20-17(23)13-22-10-8-21(9-11-22)12-16-7-5-4-6-15(16)3/h4-7,14H,8-13H2,1-3H3,(H2,19,20,23,24)/p+2. The van der Waals surface area contributed by atoms with Crippen molar-refractivity contribution in [3.05, 3.63) is 35.4 Å². The van der Waals surface area contributed by atoms with Crippen molar-refractivity contribution in [3.63, 3.8) is 0 Å². The number of hydrogen-bond donors (Lipinski definition) is 4. The number of rotatable bonds is 5. The molecule has 24 heavy (non-hydrogen) atoms. The molecule has 0 bridgehead atoms. The number of carbonyl (C=O) groups excluding carboxylic acids is 2. The third-order valence-electron chi connectivity index (χ3n) is 4.45. The summed E-state index contributed by atoms with van der Waals surface area (Å²) in [6.07, 6.45) is 0. The number of nitrogens with one attached hydrogen (secondary N) is 4. The maximum Gasteiger partial charge on any atom is 0.321 e. The lowest BCUT2D eigenvalue weighted by Gasteiger charge is -2.29. The molecule has 0 unspecified atom stereocenters. The Hall–Kier alpha value is -1.92. The van der Waals surface area contributed by atoms with Gasteiger partial charge in [0.2, 0.25) is 0 Å². The van der Waals surface area contributed by atoms with Crippen molar-refractivity contribution < 1.29 is 19.4 Å². The summed E-state index contributed by atoms with van der Waals surface area (Å²) in [5.41, 5.74) is 2.74. The molecule has 4 N–H and O–H groups in total. The van der Waals surface area contributed by atoms with Gasteiger partial charge >= 0.3 is 6.03 Å². The van der Waals surface area contributed by atoms with Crippen LogP contribution in [0.15, 0.2) is 24.3 Å². The van der Waals surface area contributed by atoms with E-state index in [0.717, 1.165) is 32.7 Å². The van der Waals surface area contributed by atoms with E-state index in [0.29, 0.717) is 6.54 Å². The molecule has 0 spiro atoms. The first-order valence-corrected chi connectivity index (χ1v) is 8.76. The molecule has 3 amide bonds. The molecule has 1 saturated heterocycles. The number of piperazine rings is 1. The molecule has 1 aromatic carbocycles. The molecule has 1 aromatic rings. The molecule has 0 aliphatic carbocycles. The zero-order valence-corrected chi connectivity index (χ0v) is 14.9. The van der Waals surface area contributed by atoms with E-state index in [1.54, 1.807) is 4.90 Å². The molecule has 6 nitrogen and oxygen atoms in total. The molecular formula is C18H30N4O2+2. The van der Waals surface area contributed by atoms with E-state index >= 15 is 0 Å². The van der Waals surface area contributed by atoms with Crippen LogP contribution in [0.3, 0.4) is 0 Å². The Bertz CT molecular complexity index is 566. The van der Waals surface area contributed by atoms with Crippen LogP contribution < -0.4 is 20.4 Å². The summed E-state index contributed by atoms with van der Waals surface area (Å²) in [5, 5.41) is 5.07. The number of imide groups is 1. The van der Waals surface area contributed by atoms with Crippen molar-refractivity contribution in [2.75, 3.05) is 32.7 Å². The third kappa shape index (κ3) is 5.94. The van der Waals surface area contributed by atoms with Crippen molar-refractivity contribution in [2.24, 2.45) is 0 Å². The topological polar surface area (TPSA) is 67.1 Å². The Balaban J connectivity index is 1.72. The number of quaternary nitrogens is 2. The number of hydrogen-bond acceptors (Lipinski definition) is 2. The Morgan fingerprint density at radius 2 is 1.71 bits per heavy atom. The van der Waals surface area contributed by atoms with Crippen LogP contribution in [0.2, 0.25) is 0 Å². The van der Waals surface area contributed by atoms with Gasteiger partial charge < -0.3 is 15.1 Å². The fraction of sp³-hybridized carbons (Fsp3) is 0.556. The van der Waals surface area contributed by atoms with Gasteiger partial charge in [0.1, 0.15) is 32.7 Å². The molecule has 0 atom stereocenters. The zero-order chi connectivity index (χ0) is 17.5. The van der Waals surface area contributed by atoms with E-state index in [2.05, 4.69) is 41.8 Å². The molecule has 132 valence electrons. The monoisotopic (exact) mass is 334 g/mol. The first-order chi connectivity index (χ1) is 11.4. The summed E-state index contributed by atoms with van der Waals surface area (Å²) in [6.45, 7) is 11.3. The molecule has 1 fully saturated rings. The molecule has 1 aliphatic heterocycles. The van der Waals surface area contributed by atoms with Crippen LogP contribution in [0.1, 0.15) is 25.0 Å². The molecule has 0 radical (unpaired) electrons. The normalized spacial score (nSPS) is 20.7. The van der Waals surface area contributed by atoms with E-state index < -0.39 is 6.03 Å². The number of amides is 3. The predicted molar refractivity (Wildman–Crippen MR) is 93.0 cm³/mol. The highest BCUT2D eigenvalue weighted by atomic mass is 16.2. The predicted octanol–water partition coefficient (Wildman–Crippen LogP) is -1.49. The van der Waals surface area contributed by atoms with Gasteiger partial charge in [-0.1, -0.05) is 24.3 Å². The molecule has 1 aliphatic rings. The van der Waals surface area contributed by atoms with Crippen LogP contribution in [0, 0.1) is 6.92 Å². The van der Waals surface area contributed by atoms with Crippen LogP contribution in [0.25, 0.3) is 0 Å². The first kappa shape index (κ1) is 18.4. The van der Waals surface area contributed by atoms with Gasteiger partial charge in [-0.3, -0.25) is 10.1 Å². The summed E-state index contributed by atoms with van der Waals surface area (Å²) in [7, 11) is 0. The highest BCUT2D eigenvalue weighted by Crippen LogP contribution is 2.04. The third-order valence-corrected chi connectivity index (χ3v) is 4.45. The van der Waals surface area contributed by atoms with Gasteiger partial charge in [0.15, 0.2) is 6.54 Å². The summed E-state index contributed by atoms with van der Waals surface area (Å²) in [6, 6.07) is 8.14. The fourth-order valence-electron chi connectivity index (χ4n) is 3.08. The van der Waals surface area contributed by atoms with Gasteiger partial charge in [0, 0.05) is 11.6 Å². The Labute approximate surface area is 144 Å². The number of aryl methyl sites for hydroxylation is 1. The van der Waals surface area contributed by atoms with Gasteiger partial charge in [0.25, 0.3) is 5.91 Å². The lowest BCUT2D eigenvalue weighted by Crippen LogP contribution is -3.28. The summed E-state index contributed by atoms with van der Waals surface area (Å²) in [4.78, 5) is 26.3. The lowest BCUT2D eigenvalue weighted by atomic mass is 10.1. The quantitative estimate of drug-likeness (QED) is 0.530. The first-order valence-electron chi connectivity index (χ1n) is 8.76. The van der Waals surface area contributed by atoms with Crippen molar-refractivity contribution in [1.82, 2.24) is 10.6 Å². The van der Waals surface area contributed by atoms with Gasteiger partial charge in [-0.25, -0.2) is 4.79 Å². The van der Waals surface area contributed by atoms with Crippen LogP contribution in [0.5, 0.6) is 0 Å². The second-order valence-electron chi connectivity index (χ2n) is 6.96. The number of urea groups is 1. The largest absolute Gasteiger partial charge is 0.336 e. The zero-order valence-electron chi connectivity index (χ0n) is 14.9. The van der Waals surface area contributed by atoms with Crippen LogP contribution in [-0.2, 0) is 11.3 Å². The van der Waals surface area contributed by atoms with Crippen LogP contribution >= 0.6 is 0 Å². The van der Waals surface area contributed by atoms with Crippen LogP contribution in [0.4, 0.5) is 4.79 Å². The highest BCUT2D eigenvalue weighted by Gasteiger charge is 2.25. The smallest absolute Gasteiger partial charge is 0.321 e. The molecule has 6 heteroatoms. The van der Waals surface area contributed by atoms with E-state index in [-0.39, 0.29) is 11.9 Å². The lowest BCUT2D eigenvalue weighted by molar-refractivity contribution is -1.02. The second-order valence-corrected chi connectivity index (χ2v) is 6.96. The molecule has 0 saturated carbocycles. The van der Waals surface area contributed by atoms with Crippen LogP contribution in [-0.4, -0.2) is 50.7 Å². The van der Waals surface area contributed by atoms with E-state index in [9.17, 15) is 9.59 Å². The van der Waals surface area contributed by atoms with Gasteiger partial charge in [-0.15, -0.1) is 0 Å². The minimum absolute atomic E-state index is 0.0266. The van der Waals surface area contributed by atoms with Crippen molar-refractivity contribution >= 4 is 11.9 Å². The van der Waals surface area contributed by atoms with Crippen molar-refractivity contribution in [2.45, 2.75) is 33.4 Å². The number of benzene rings is 1. The molecule has 1 heterocycles. The minimum atomic E-state index is -0.404. The average molecular weight is 334 g/mol. The maximum atomic E-state index is 11.9. The fourth-order valence-corrected chi connectivity index (χ4v) is 3.08. The summed E-state index contributed by atoms with van der Waals surface area (Å²) < 4.78 is 0. The summed E-state index contributed by atoms with van der Waals surface area (Å²) in [5.74, 6) is -0.203. The summed E-state index contributed by atoms with van der Waals surface area (Å²) >= 11 is 0. The molecular weight excluding hydrogens is 304 g/mol. The highest BCUT2D eigenvalue weighted by molar-refractivity contribution is 5.94. The van der Waals surface area contributed by atoms with Crippen molar-refractivity contribution in [3.8, 4) is 0 Å². The second kappa shape index (κ2) is 8.80. The Kier molecular flexibility index (Phi) is 6.75. The molecule has 0 aromatic heterocycles. The molecule has 2 rings (SSSR count). The SMILES string of the molecule is Cc1ccccc1C[NH+]1CC[NH+](CC(=O)NC(=O)NC(C)C)CC1. The van der Waals surface area contributed by atoms with E-state index in [1.807, 2.05) is 13.8 Å². The van der Waals surface area contributed by atoms with E-state index in [4.69, 9.17) is 0 Å². The Morgan fingerprint density at radius 1 is 1.08 bits per heavy atom. The average Bonchev–Trinajstić information content (AvgIpc) is 2.50. The van der Waals surface area contributed by atoms with Gasteiger partial charge in [0.05, 0.1) is 0 Å². The van der Waals surface area contributed by atoms with Crippen molar-refractivity contribution in [1.29, 1.82) is 0 Å².